The van der Waals surface area contributed by atoms with E-state index >= 15 is 0 Å². The lowest BCUT2D eigenvalue weighted by molar-refractivity contribution is -0.362. The van der Waals surface area contributed by atoms with Crippen LogP contribution in [0.15, 0.2) is 36.9 Å². The zero-order valence-corrected chi connectivity index (χ0v) is 27.6. The van der Waals surface area contributed by atoms with E-state index in [1.165, 1.54) is 23.2 Å². The van der Waals surface area contributed by atoms with Crippen molar-refractivity contribution >= 4 is 50.9 Å². The summed E-state index contributed by atoms with van der Waals surface area (Å²) < 4.78 is 80.4. The minimum Gasteiger partial charge on any atom is -0.741 e. The molecular formula is C30H35F3N10O5S. The number of rotatable bonds is 10. The van der Waals surface area contributed by atoms with E-state index in [9.17, 15) is 26.8 Å². The fourth-order valence-corrected chi connectivity index (χ4v) is 6.72. The van der Waals surface area contributed by atoms with E-state index in [1.807, 2.05) is 6.07 Å². The van der Waals surface area contributed by atoms with Crippen LogP contribution in [0.1, 0.15) is 37.1 Å². The third-order valence-corrected chi connectivity index (χ3v) is 9.60. The maximum atomic E-state index is 13.1. The summed E-state index contributed by atoms with van der Waals surface area (Å²) in [4.78, 5) is 22.9. The number of nitrogens with zero attached hydrogens (tertiary/aromatic N) is 9. The Morgan fingerprint density at radius 3 is 2.49 bits per heavy atom. The van der Waals surface area contributed by atoms with Crippen LogP contribution in [0.25, 0.3) is 10.9 Å². The van der Waals surface area contributed by atoms with Gasteiger partial charge in [0, 0.05) is 31.9 Å². The van der Waals surface area contributed by atoms with Gasteiger partial charge in [0.05, 0.1) is 68.2 Å². The highest BCUT2D eigenvalue weighted by Gasteiger charge is 2.34. The Hall–Kier alpha value is -4.78. The Labute approximate surface area is 280 Å². The van der Waals surface area contributed by atoms with Crippen molar-refractivity contribution in [2.45, 2.75) is 50.6 Å². The van der Waals surface area contributed by atoms with Crippen molar-refractivity contribution in [1.82, 2.24) is 29.5 Å². The molecule has 0 spiro atoms. The molecule has 15 nitrogen and oxygen atoms in total. The molecule has 0 amide bonds. The van der Waals surface area contributed by atoms with Gasteiger partial charge in [0.1, 0.15) is 29.6 Å². The number of fused-ring (bicyclic) bond motifs is 1. The van der Waals surface area contributed by atoms with Gasteiger partial charge in [0.25, 0.3) is 0 Å². The number of alkyl halides is 3. The molecule has 0 atom stereocenters. The number of hydrogen-bond acceptors (Lipinski definition) is 12. The van der Waals surface area contributed by atoms with Crippen LogP contribution in [0.3, 0.4) is 0 Å². The van der Waals surface area contributed by atoms with Gasteiger partial charge in [0.2, 0.25) is 15.9 Å². The zero-order valence-electron chi connectivity index (χ0n) is 26.8. The number of sulfonamides is 1. The lowest BCUT2D eigenvalue weighted by atomic mass is 9.93. The molecule has 2 fully saturated rings. The second-order valence-corrected chi connectivity index (χ2v) is 13.8. The minimum absolute atomic E-state index is 0.0169. The molecule has 1 N–H and O–H groups in total. The maximum Gasteiger partial charge on any atom is 0.434 e. The SMILES string of the molecule is C=[N+]([O-])c1ncc(CN(c2cnc3cc(N4CCOCC4)nc(O[C@H]4CC[C@@H](Nc5cncc(C(F)(F)F)n5)CC4)c3c2)S(C)(=O)=O)n1C. The van der Waals surface area contributed by atoms with Crippen molar-refractivity contribution in [2.24, 2.45) is 7.05 Å². The Morgan fingerprint density at radius 2 is 1.84 bits per heavy atom. The van der Waals surface area contributed by atoms with E-state index in [1.54, 1.807) is 13.1 Å². The summed E-state index contributed by atoms with van der Waals surface area (Å²) >= 11 is 0. The van der Waals surface area contributed by atoms with E-state index in [0.717, 1.165) is 10.6 Å². The fourth-order valence-electron chi connectivity index (χ4n) is 5.87. The molecule has 0 aromatic carbocycles. The number of imidazole rings is 1. The second kappa shape index (κ2) is 13.6. The molecule has 1 saturated carbocycles. The van der Waals surface area contributed by atoms with Crippen LogP contribution in [0.4, 0.5) is 36.4 Å². The molecule has 262 valence electrons. The average molecular weight is 705 g/mol. The molecule has 19 heteroatoms. The predicted octanol–water partition coefficient (Wildman–Crippen LogP) is 3.62. The van der Waals surface area contributed by atoms with Crippen LogP contribution in [0.5, 0.6) is 5.88 Å². The topological polar surface area (TPSA) is 167 Å². The third-order valence-electron chi connectivity index (χ3n) is 8.46. The summed E-state index contributed by atoms with van der Waals surface area (Å²) in [5.74, 6) is 0.993. The van der Waals surface area contributed by atoms with Crippen LogP contribution in [0, 0.1) is 5.21 Å². The molecule has 0 radical (unpaired) electrons. The summed E-state index contributed by atoms with van der Waals surface area (Å²) in [6, 6.07) is 3.35. The number of aromatic nitrogens is 6. The van der Waals surface area contributed by atoms with Gasteiger partial charge >= 0.3 is 12.1 Å². The van der Waals surface area contributed by atoms with Crippen molar-refractivity contribution < 1.29 is 35.8 Å². The summed E-state index contributed by atoms with van der Waals surface area (Å²) in [7, 11) is -2.25. The smallest absolute Gasteiger partial charge is 0.434 e. The van der Waals surface area contributed by atoms with Gasteiger partial charge in [-0.2, -0.15) is 18.2 Å². The Kier molecular flexibility index (Phi) is 9.47. The molecule has 4 aromatic rings. The van der Waals surface area contributed by atoms with Gasteiger partial charge in [-0.15, -0.1) is 0 Å². The fraction of sp³-hybridized carbons (Fsp3) is 0.467. The van der Waals surface area contributed by atoms with Gasteiger partial charge in [-0.25, -0.2) is 18.0 Å². The number of anilines is 3. The van der Waals surface area contributed by atoms with Gasteiger partial charge in [-0.05, 0) is 31.7 Å². The molecule has 5 heterocycles. The highest BCUT2D eigenvalue weighted by molar-refractivity contribution is 7.92. The molecule has 1 aliphatic carbocycles. The van der Waals surface area contributed by atoms with E-state index < -0.39 is 21.9 Å². The van der Waals surface area contributed by atoms with Crippen molar-refractivity contribution in [3.63, 3.8) is 0 Å². The minimum atomic E-state index is -4.59. The molecule has 6 rings (SSSR count). The lowest BCUT2D eigenvalue weighted by Gasteiger charge is -2.31. The first-order valence-corrected chi connectivity index (χ1v) is 17.3. The highest BCUT2D eigenvalue weighted by atomic mass is 32.2. The standard InChI is InChI=1S/C30H35F3N10O5S/c1-40-21(15-36-29(40)41(2)44)18-43(49(3,45)46)20-12-23-24(35-14-20)13-27(42-8-10-47-11-9-42)39-28(23)48-22-6-4-19(5-7-22)37-26-17-34-16-25(38-26)30(31,32)33/h12-17,19,22H,2,4-11,18H2,1,3H3,(H,37,38)/t19-,22+. The van der Waals surface area contributed by atoms with Gasteiger partial charge in [-0.1, -0.05) is 4.98 Å². The van der Waals surface area contributed by atoms with Crippen LogP contribution in [-0.4, -0.2) is 94.1 Å². The van der Waals surface area contributed by atoms with E-state index in [4.69, 9.17) is 14.5 Å². The molecule has 2 aliphatic rings. The maximum absolute atomic E-state index is 13.1. The Morgan fingerprint density at radius 1 is 1.10 bits per heavy atom. The zero-order chi connectivity index (χ0) is 34.9. The van der Waals surface area contributed by atoms with Gasteiger partial charge in [0.15, 0.2) is 5.69 Å². The summed E-state index contributed by atoms with van der Waals surface area (Å²) in [5, 5.41) is 15.3. The van der Waals surface area contributed by atoms with E-state index in [0.29, 0.717) is 85.3 Å². The van der Waals surface area contributed by atoms with E-state index in [-0.39, 0.29) is 42.0 Å². The summed E-state index contributed by atoms with van der Waals surface area (Å²) in [6.07, 6.45) is 3.36. The molecular weight excluding hydrogens is 669 g/mol. The Balaban J connectivity index is 1.27. The summed E-state index contributed by atoms with van der Waals surface area (Å²) in [5.41, 5.74) is 0.188. The number of hydrogen-bond donors (Lipinski definition) is 1. The second-order valence-electron chi connectivity index (χ2n) is 11.9. The molecule has 49 heavy (non-hydrogen) atoms. The van der Waals surface area contributed by atoms with Gasteiger partial charge < -0.3 is 24.9 Å². The number of pyridine rings is 2. The van der Waals surface area contributed by atoms with Crippen LogP contribution in [0.2, 0.25) is 0 Å². The quantitative estimate of drug-likeness (QED) is 0.110. The van der Waals surface area contributed by atoms with Crippen molar-refractivity contribution in [1.29, 1.82) is 0 Å². The van der Waals surface area contributed by atoms with Crippen LogP contribution >= 0.6 is 0 Å². The first-order valence-electron chi connectivity index (χ1n) is 15.5. The first-order chi connectivity index (χ1) is 23.3. The van der Waals surface area contributed by atoms with E-state index in [2.05, 4.69) is 36.9 Å². The monoisotopic (exact) mass is 704 g/mol. The molecule has 1 aliphatic heterocycles. The van der Waals surface area contributed by atoms with Crippen molar-refractivity contribution in [3.8, 4) is 5.88 Å². The first kappa shape index (κ1) is 34.1. The molecule has 0 bridgehead atoms. The third kappa shape index (κ3) is 7.77. The van der Waals surface area contributed by atoms with Gasteiger partial charge in [-0.3, -0.25) is 19.0 Å². The molecule has 0 unspecified atom stereocenters. The average Bonchev–Trinajstić information content (AvgIpc) is 3.44. The highest BCUT2D eigenvalue weighted by Crippen LogP contribution is 2.35. The van der Waals surface area contributed by atoms with Crippen LogP contribution < -0.4 is 19.3 Å². The lowest BCUT2D eigenvalue weighted by Crippen LogP contribution is -2.37. The van der Waals surface area contributed by atoms with Crippen molar-refractivity contribution in [2.75, 3.05) is 47.1 Å². The van der Waals surface area contributed by atoms with Crippen LogP contribution in [-0.2, 0) is 34.5 Å². The number of ether oxygens (including phenoxy) is 2. The number of halogens is 3. The number of nitrogens with one attached hydrogen (secondary N) is 1. The molecule has 4 aromatic heterocycles. The largest absolute Gasteiger partial charge is 0.741 e. The Bertz CT molecular complexity index is 1940. The molecule has 1 saturated heterocycles. The number of morpholine rings is 1. The predicted molar refractivity (Wildman–Crippen MR) is 175 cm³/mol. The normalized spacial score (nSPS) is 18.8. The summed E-state index contributed by atoms with van der Waals surface area (Å²) in [6.45, 7) is 5.48. The van der Waals surface area contributed by atoms with Crippen molar-refractivity contribution in [3.05, 3.63) is 53.5 Å².